The van der Waals surface area contributed by atoms with Gasteiger partial charge in [0, 0.05) is 17.3 Å². The number of benzene rings is 10. The normalized spacial score (nSPS) is 12.5. The Balaban J connectivity index is 0.968. The predicted octanol–water partition coefficient (Wildman–Crippen LogP) is 13.8. The van der Waals surface area contributed by atoms with E-state index in [1.165, 1.54) is 59.8 Å². The Kier molecular flexibility index (Phi) is 9.09. The zero-order chi connectivity index (χ0) is 38.8. The van der Waals surface area contributed by atoms with Gasteiger partial charge in [-0.1, -0.05) is 194 Å². The molecule has 10 aromatic carbocycles. The Morgan fingerprint density at radius 3 is 1.81 bits per heavy atom. The molecular formula is C55H39N3. The zero-order valence-electron chi connectivity index (χ0n) is 31.8. The van der Waals surface area contributed by atoms with E-state index in [1.807, 2.05) is 48.7 Å². The summed E-state index contributed by atoms with van der Waals surface area (Å²) >= 11 is 0. The van der Waals surface area contributed by atoms with Crippen LogP contribution < -0.4 is 5.73 Å². The van der Waals surface area contributed by atoms with Gasteiger partial charge in [-0.2, -0.15) is 0 Å². The molecule has 3 heteroatoms. The Labute approximate surface area is 338 Å². The number of hydrogen-bond donors (Lipinski definition) is 1. The average Bonchev–Trinajstić information content (AvgIpc) is 3.30. The van der Waals surface area contributed by atoms with Crippen molar-refractivity contribution >= 4 is 55.1 Å². The van der Waals surface area contributed by atoms with Gasteiger partial charge in [-0.15, -0.1) is 0 Å². The third-order valence-corrected chi connectivity index (χ3v) is 11.2. The fourth-order valence-electron chi connectivity index (χ4n) is 8.23. The number of hydrogen-bond acceptors (Lipinski definition) is 2. The Bertz CT molecular complexity index is 3160. The molecule has 3 nitrogen and oxygen atoms in total. The lowest BCUT2D eigenvalue weighted by molar-refractivity contribution is 0.783. The van der Waals surface area contributed by atoms with Gasteiger partial charge in [0.25, 0.3) is 0 Å². The Morgan fingerprint density at radius 1 is 0.414 bits per heavy atom. The van der Waals surface area contributed by atoms with Crippen LogP contribution in [0.25, 0.3) is 76.5 Å². The van der Waals surface area contributed by atoms with Crippen LogP contribution in [-0.4, -0.2) is 12.1 Å². The van der Waals surface area contributed by atoms with Crippen LogP contribution in [-0.2, 0) is 0 Å². The molecule has 0 aliphatic rings. The van der Waals surface area contributed by atoms with Crippen LogP contribution in [0, 0.1) is 0 Å². The van der Waals surface area contributed by atoms with E-state index in [0.717, 1.165) is 33.4 Å². The van der Waals surface area contributed by atoms with Gasteiger partial charge in [0.05, 0.1) is 0 Å². The molecule has 0 aliphatic heterocycles. The molecule has 1 unspecified atom stereocenters. The highest BCUT2D eigenvalue weighted by Gasteiger charge is 2.16. The third kappa shape index (κ3) is 6.69. The van der Waals surface area contributed by atoms with E-state index >= 15 is 0 Å². The molecule has 0 saturated carbocycles. The molecule has 0 bridgehead atoms. The van der Waals surface area contributed by atoms with Crippen LogP contribution in [0.15, 0.2) is 222 Å². The number of amidine groups is 1. The van der Waals surface area contributed by atoms with E-state index in [4.69, 9.17) is 15.7 Å². The molecule has 0 amide bonds. The van der Waals surface area contributed by atoms with Crippen LogP contribution in [0.5, 0.6) is 0 Å². The van der Waals surface area contributed by atoms with Crippen molar-refractivity contribution in [1.82, 2.24) is 0 Å². The fourth-order valence-corrected chi connectivity index (χ4v) is 8.23. The Hall–Kier alpha value is -7.62. The smallest absolute Gasteiger partial charge is 0.167 e. The zero-order valence-corrected chi connectivity index (χ0v) is 31.8. The van der Waals surface area contributed by atoms with E-state index in [-0.39, 0.29) is 0 Å². The molecule has 0 aromatic heterocycles. The minimum atomic E-state index is -0.534. The third-order valence-electron chi connectivity index (χ3n) is 11.2. The second-order valence-electron chi connectivity index (χ2n) is 14.7. The van der Waals surface area contributed by atoms with Gasteiger partial charge in [-0.3, -0.25) is 4.99 Å². The SMILES string of the molecule is NC(=NC(N=Cc1ccc(-c2ccc3cc(-c4c5ccccc5cc5c4ccc4ccccc45)ccc3c2)cc1)c1ccccc1-c1ccccc1)c1ccccc1. The average molecular weight is 742 g/mol. The van der Waals surface area contributed by atoms with Gasteiger partial charge in [0.15, 0.2) is 6.17 Å². The lowest BCUT2D eigenvalue weighted by Crippen LogP contribution is -2.15. The molecule has 10 rings (SSSR count). The van der Waals surface area contributed by atoms with Crippen LogP contribution in [0.2, 0.25) is 0 Å². The monoisotopic (exact) mass is 741 g/mol. The molecule has 0 saturated heterocycles. The van der Waals surface area contributed by atoms with Crippen molar-refractivity contribution in [3.63, 3.8) is 0 Å². The van der Waals surface area contributed by atoms with Crippen molar-refractivity contribution in [3.8, 4) is 33.4 Å². The quantitative estimate of drug-likeness (QED) is 0.0717. The number of aliphatic imine (C=N–C) groups is 2. The summed E-state index contributed by atoms with van der Waals surface area (Å²) in [6.45, 7) is 0. The number of nitrogens with two attached hydrogens (primary N) is 1. The van der Waals surface area contributed by atoms with Crippen molar-refractivity contribution in [1.29, 1.82) is 0 Å². The van der Waals surface area contributed by atoms with Gasteiger partial charge >= 0.3 is 0 Å². The summed E-state index contributed by atoms with van der Waals surface area (Å²) in [6.07, 6.45) is 1.37. The lowest BCUT2D eigenvalue weighted by Gasteiger charge is -2.15. The number of nitrogens with zero attached hydrogens (tertiary/aromatic N) is 2. The molecule has 0 spiro atoms. The summed E-state index contributed by atoms with van der Waals surface area (Å²) in [5.41, 5.74) is 16.4. The van der Waals surface area contributed by atoms with Gasteiger partial charge in [0.1, 0.15) is 5.84 Å². The lowest BCUT2D eigenvalue weighted by atomic mass is 9.89. The van der Waals surface area contributed by atoms with Gasteiger partial charge < -0.3 is 5.73 Å². The fraction of sp³-hybridized carbons (Fsp3) is 0.0182. The summed E-state index contributed by atoms with van der Waals surface area (Å²) in [7, 11) is 0. The summed E-state index contributed by atoms with van der Waals surface area (Å²) in [4.78, 5) is 10.0. The van der Waals surface area contributed by atoms with E-state index < -0.39 is 6.17 Å². The standard InChI is InChI=1S/C55H39N3/c56-54(41-16-5-2-6-17-41)58-55(51-22-12-11-19-47(51)39-13-3-1-4-14-39)57-36-37-23-25-38(26-24-37)42-27-28-44-34-46(30-29-43(44)33-42)53-49-21-10-8-18-45(49)35-52-48-20-9-7-15-40(48)31-32-50(52)53/h1-36,55H,(H2,56,58). The highest BCUT2D eigenvalue weighted by atomic mass is 15.0. The van der Waals surface area contributed by atoms with Crippen molar-refractivity contribution < 1.29 is 0 Å². The minimum absolute atomic E-state index is 0.448. The maximum Gasteiger partial charge on any atom is 0.167 e. The highest BCUT2D eigenvalue weighted by molar-refractivity contribution is 6.20. The van der Waals surface area contributed by atoms with Crippen molar-refractivity contribution in [2.24, 2.45) is 15.7 Å². The predicted molar refractivity (Wildman–Crippen MR) is 247 cm³/mol. The van der Waals surface area contributed by atoms with Crippen LogP contribution in [0.1, 0.15) is 22.9 Å². The molecule has 10 aromatic rings. The largest absolute Gasteiger partial charge is 0.383 e. The Morgan fingerprint density at radius 2 is 1.02 bits per heavy atom. The first-order chi connectivity index (χ1) is 28.7. The van der Waals surface area contributed by atoms with E-state index in [1.54, 1.807) is 0 Å². The van der Waals surface area contributed by atoms with Gasteiger partial charge in [-0.05, 0) is 100 Å². The van der Waals surface area contributed by atoms with E-state index in [0.29, 0.717) is 5.84 Å². The van der Waals surface area contributed by atoms with Crippen LogP contribution in [0.4, 0.5) is 0 Å². The molecule has 0 heterocycles. The summed E-state index contributed by atoms with van der Waals surface area (Å²) < 4.78 is 0. The molecule has 58 heavy (non-hydrogen) atoms. The second kappa shape index (κ2) is 15.1. The van der Waals surface area contributed by atoms with Crippen molar-refractivity contribution in [2.75, 3.05) is 0 Å². The second-order valence-corrected chi connectivity index (χ2v) is 14.7. The molecule has 1 atom stereocenters. The highest BCUT2D eigenvalue weighted by Crippen LogP contribution is 2.40. The number of rotatable bonds is 8. The molecule has 0 aliphatic carbocycles. The van der Waals surface area contributed by atoms with Gasteiger partial charge in [0.2, 0.25) is 0 Å². The molecule has 0 fully saturated rings. The van der Waals surface area contributed by atoms with Crippen molar-refractivity contribution in [3.05, 3.63) is 229 Å². The van der Waals surface area contributed by atoms with E-state index in [9.17, 15) is 0 Å². The van der Waals surface area contributed by atoms with Crippen LogP contribution >= 0.6 is 0 Å². The topological polar surface area (TPSA) is 50.7 Å². The molecule has 274 valence electrons. The first-order valence-corrected chi connectivity index (χ1v) is 19.7. The van der Waals surface area contributed by atoms with Crippen LogP contribution in [0.3, 0.4) is 0 Å². The summed E-state index contributed by atoms with van der Waals surface area (Å²) in [6, 6.07) is 75.0. The summed E-state index contributed by atoms with van der Waals surface area (Å²) in [5.74, 6) is 0.448. The maximum atomic E-state index is 6.59. The molecule has 2 N–H and O–H groups in total. The minimum Gasteiger partial charge on any atom is -0.383 e. The summed E-state index contributed by atoms with van der Waals surface area (Å²) in [5, 5.41) is 10.0. The van der Waals surface area contributed by atoms with E-state index in [2.05, 4.69) is 170 Å². The first kappa shape index (κ1) is 34.8. The van der Waals surface area contributed by atoms with Crippen molar-refractivity contribution in [2.45, 2.75) is 6.17 Å². The number of fused-ring (bicyclic) bond motifs is 5. The molecule has 0 radical (unpaired) electrons. The first-order valence-electron chi connectivity index (χ1n) is 19.7. The molecular weight excluding hydrogens is 703 g/mol. The van der Waals surface area contributed by atoms with Gasteiger partial charge in [-0.25, -0.2) is 4.99 Å². The maximum absolute atomic E-state index is 6.59.